The molecule has 0 radical (unpaired) electrons. The Morgan fingerprint density at radius 3 is 1.47 bits per heavy atom. The van der Waals surface area contributed by atoms with Gasteiger partial charge in [0.05, 0.1) is 0 Å². The third-order valence-electron chi connectivity index (χ3n) is 4.97. The normalized spacial score (nSPS) is 19.5. The van der Waals surface area contributed by atoms with Gasteiger partial charge in [-0.05, 0) is 43.2 Å². The van der Waals surface area contributed by atoms with E-state index in [9.17, 15) is 43.2 Å². The predicted octanol–water partition coefficient (Wildman–Crippen LogP) is 3.04. The van der Waals surface area contributed by atoms with Gasteiger partial charge in [-0.3, -0.25) is 0 Å². The van der Waals surface area contributed by atoms with Crippen LogP contribution in [-0.4, -0.2) is 41.1 Å². The molecule has 1 aromatic rings. The van der Waals surface area contributed by atoms with E-state index >= 15 is 0 Å². The maximum atomic E-state index is 12.7. The van der Waals surface area contributed by atoms with Gasteiger partial charge in [0.25, 0.3) is 0 Å². The van der Waals surface area contributed by atoms with Crippen LogP contribution in [0.3, 0.4) is 0 Å². The monoisotopic (exact) mass is 484 g/mol. The average molecular weight is 484 g/mol. The van der Waals surface area contributed by atoms with Crippen LogP contribution in [0.25, 0.3) is 0 Å². The number of benzene rings is 1. The Kier molecular flexibility index (Phi) is 5.47. The minimum Gasteiger partial charge on any atom is -0.381 e. The molecule has 1 aromatic carbocycles. The van der Waals surface area contributed by atoms with Crippen molar-refractivity contribution in [3.05, 3.63) is 23.3 Å². The van der Waals surface area contributed by atoms with Crippen LogP contribution in [0, 0.1) is 5.41 Å². The van der Waals surface area contributed by atoms with Gasteiger partial charge in [-0.1, -0.05) is 0 Å². The van der Waals surface area contributed by atoms with Gasteiger partial charge in [-0.25, -0.2) is 0 Å². The predicted molar refractivity (Wildman–Crippen MR) is 87.5 cm³/mol. The quantitative estimate of drug-likeness (QED) is 0.368. The fourth-order valence-electron chi connectivity index (χ4n) is 3.50. The lowest BCUT2D eigenvalue weighted by molar-refractivity contribution is -0.0506. The molecule has 1 aliphatic carbocycles. The first kappa shape index (κ1) is 22.9. The van der Waals surface area contributed by atoms with Gasteiger partial charge in [0.1, 0.15) is 11.5 Å². The highest BCUT2D eigenvalue weighted by molar-refractivity contribution is 7.88. The van der Waals surface area contributed by atoms with Gasteiger partial charge in [0.15, 0.2) is 0 Å². The van der Waals surface area contributed by atoms with Crippen molar-refractivity contribution in [3.8, 4) is 11.5 Å². The molecule has 0 amide bonds. The fraction of sp³-hybridized carbons (Fsp3) is 0.600. The fourth-order valence-corrected chi connectivity index (χ4v) is 4.47. The standard InChI is InChI=1S/C15H14F6O7S2/c16-14(17,18)29(22,23)27-11-1-2-12(28-30(24,25)15(19,20)21)10-8-13(7-9(10)11)3-5-26-6-4-13/h1-2H,3-8H2. The van der Waals surface area contributed by atoms with Gasteiger partial charge < -0.3 is 13.1 Å². The molecule has 1 heterocycles. The lowest BCUT2D eigenvalue weighted by Crippen LogP contribution is -2.30. The average Bonchev–Trinajstić information content (AvgIpc) is 2.95. The van der Waals surface area contributed by atoms with E-state index in [0.717, 1.165) is 0 Å². The third kappa shape index (κ3) is 4.19. The summed E-state index contributed by atoms with van der Waals surface area (Å²) < 4.78 is 135. The number of alkyl halides is 6. The number of hydrogen-bond acceptors (Lipinski definition) is 7. The summed E-state index contributed by atoms with van der Waals surface area (Å²) in [6, 6.07) is 1.28. The molecule has 1 fully saturated rings. The molecule has 0 unspecified atom stereocenters. The Balaban J connectivity index is 2.06. The van der Waals surface area contributed by atoms with Crippen molar-refractivity contribution in [2.75, 3.05) is 13.2 Å². The van der Waals surface area contributed by atoms with Gasteiger partial charge in [0, 0.05) is 24.3 Å². The van der Waals surface area contributed by atoms with E-state index in [0.29, 0.717) is 25.0 Å². The summed E-state index contributed by atoms with van der Waals surface area (Å²) >= 11 is 0. The van der Waals surface area contributed by atoms with Crippen molar-refractivity contribution in [1.29, 1.82) is 0 Å². The smallest absolute Gasteiger partial charge is 0.381 e. The van der Waals surface area contributed by atoms with Gasteiger partial charge in [0.2, 0.25) is 0 Å². The molecule has 1 spiro atoms. The van der Waals surface area contributed by atoms with E-state index in [1.807, 2.05) is 0 Å². The summed E-state index contributed by atoms with van der Waals surface area (Å²) in [6.07, 6.45) is 0.659. The van der Waals surface area contributed by atoms with Crippen molar-refractivity contribution >= 4 is 20.2 Å². The second-order valence-electron chi connectivity index (χ2n) is 6.95. The Morgan fingerprint density at radius 2 is 1.13 bits per heavy atom. The van der Waals surface area contributed by atoms with Crippen LogP contribution in [0.4, 0.5) is 26.3 Å². The first-order valence-electron chi connectivity index (χ1n) is 8.31. The Labute approximate surface area is 167 Å². The molecule has 0 aromatic heterocycles. The summed E-state index contributed by atoms with van der Waals surface area (Å²) in [6.45, 7) is 0.532. The highest BCUT2D eigenvalue weighted by atomic mass is 32.2. The zero-order chi connectivity index (χ0) is 22.6. The molecule has 0 saturated carbocycles. The molecule has 170 valence electrons. The molecule has 1 saturated heterocycles. The molecule has 0 bridgehead atoms. The summed E-state index contributed by atoms with van der Waals surface area (Å²) in [4.78, 5) is 0. The summed E-state index contributed by atoms with van der Waals surface area (Å²) in [5.74, 6) is -1.50. The molecule has 3 rings (SSSR count). The lowest BCUT2D eigenvalue weighted by atomic mass is 9.77. The molecule has 30 heavy (non-hydrogen) atoms. The maximum absolute atomic E-state index is 12.7. The van der Waals surface area contributed by atoms with Crippen molar-refractivity contribution < 1.29 is 56.3 Å². The van der Waals surface area contributed by atoms with Crippen molar-refractivity contribution in [1.82, 2.24) is 0 Å². The molecule has 7 nitrogen and oxygen atoms in total. The number of halogens is 6. The number of ether oxygens (including phenoxy) is 1. The van der Waals surface area contributed by atoms with Crippen molar-refractivity contribution in [3.63, 3.8) is 0 Å². The molecular formula is C15H14F6O7S2. The third-order valence-corrected chi connectivity index (χ3v) is 6.90. The van der Waals surface area contributed by atoms with E-state index in [1.54, 1.807) is 0 Å². The largest absolute Gasteiger partial charge is 0.534 e. The van der Waals surface area contributed by atoms with E-state index in [1.165, 1.54) is 0 Å². The van der Waals surface area contributed by atoms with Crippen molar-refractivity contribution in [2.24, 2.45) is 5.41 Å². The highest BCUT2D eigenvalue weighted by Gasteiger charge is 2.51. The molecule has 15 heteroatoms. The number of hydrogen-bond donors (Lipinski definition) is 0. The zero-order valence-electron chi connectivity index (χ0n) is 14.8. The van der Waals surface area contributed by atoms with Crippen LogP contribution in [0.15, 0.2) is 12.1 Å². The van der Waals surface area contributed by atoms with Crippen LogP contribution in [0.1, 0.15) is 24.0 Å². The first-order chi connectivity index (χ1) is 13.6. The van der Waals surface area contributed by atoms with E-state index in [4.69, 9.17) is 4.74 Å². The van der Waals surface area contributed by atoms with E-state index in [-0.39, 0.29) is 37.2 Å². The van der Waals surface area contributed by atoms with Crippen molar-refractivity contribution in [2.45, 2.75) is 36.7 Å². The molecular weight excluding hydrogens is 470 g/mol. The summed E-state index contributed by atoms with van der Waals surface area (Å²) in [7, 11) is -12.1. The SMILES string of the molecule is O=S(=O)(Oc1ccc(OS(=O)(=O)C(F)(F)F)c2c1CC1(CCOCC1)C2)C(F)(F)F. The van der Waals surface area contributed by atoms with Gasteiger partial charge >= 0.3 is 31.3 Å². The second-order valence-corrected chi connectivity index (χ2v) is 10.0. The Morgan fingerprint density at radius 1 is 0.767 bits per heavy atom. The molecule has 0 atom stereocenters. The minimum atomic E-state index is -6.05. The topological polar surface area (TPSA) is 96.0 Å². The first-order valence-corrected chi connectivity index (χ1v) is 11.1. The van der Waals surface area contributed by atoms with Gasteiger partial charge in [-0.2, -0.15) is 43.2 Å². The van der Waals surface area contributed by atoms with E-state index < -0.39 is 48.2 Å². The number of rotatable bonds is 4. The molecule has 1 aliphatic heterocycles. The second kappa shape index (κ2) is 7.15. The van der Waals surface area contributed by atoms with Crippen LogP contribution in [0.5, 0.6) is 11.5 Å². The molecule has 0 N–H and O–H groups in total. The van der Waals surface area contributed by atoms with Crippen LogP contribution in [0.2, 0.25) is 0 Å². The maximum Gasteiger partial charge on any atom is 0.534 e. The Hall–Kier alpha value is -1.74. The number of fused-ring (bicyclic) bond motifs is 1. The lowest BCUT2D eigenvalue weighted by Gasteiger charge is -2.33. The zero-order valence-corrected chi connectivity index (χ0v) is 16.5. The van der Waals surface area contributed by atoms with E-state index in [2.05, 4.69) is 8.37 Å². The molecule has 2 aliphatic rings. The summed E-state index contributed by atoms with van der Waals surface area (Å²) in [5, 5.41) is 0. The van der Waals surface area contributed by atoms with Crippen LogP contribution in [-0.2, 0) is 37.8 Å². The minimum absolute atomic E-state index is 0.0440. The van der Waals surface area contributed by atoms with Crippen LogP contribution >= 0.6 is 0 Å². The summed E-state index contributed by atoms with van der Waals surface area (Å²) in [5.41, 5.74) is -12.4. The Bertz CT molecular complexity index is 961. The van der Waals surface area contributed by atoms with Gasteiger partial charge in [-0.15, -0.1) is 0 Å². The van der Waals surface area contributed by atoms with Crippen LogP contribution < -0.4 is 8.37 Å². The highest BCUT2D eigenvalue weighted by Crippen LogP contribution is 2.51.